The number of rotatable bonds is 2. The minimum atomic E-state index is -4.38. The van der Waals surface area contributed by atoms with Crippen LogP contribution in [0.5, 0.6) is 0 Å². The summed E-state index contributed by atoms with van der Waals surface area (Å²) >= 11 is 1.42. The molecule has 2 aliphatic rings. The zero-order chi connectivity index (χ0) is 17.3. The third-order valence-electron chi connectivity index (χ3n) is 4.44. The molecule has 0 bridgehead atoms. The summed E-state index contributed by atoms with van der Waals surface area (Å²) in [5, 5.41) is 0. The van der Waals surface area contributed by atoms with E-state index in [1.807, 2.05) is 11.8 Å². The van der Waals surface area contributed by atoms with E-state index in [4.69, 9.17) is 0 Å². The largest absolute Gasteiger partial charge is 0.417 e. The maximum absolute atomic E-state index is 12.9. The van der Waals surface area contributed by atoms with Crippen molar-refractivity contribution in [3.05, 3.63) is 17.8 Å². The highest BCUT2D eigenvalue weighted by atomic mass is 32.2. The number of pyridine rings is 1. The van der Waals surface area contributed by atoms with Gasteiger partial charge in [-0.05, 0) is 18.9 Å². The number of carbonyl (C=O) groups is 1. The Hall–Kier alpha value is -1.44. The Morgan fingerprint density at radius 1 is 1.42 bits per heavy atom. The predicted molar refractivity (Wildman–Crippen MR) is 87.2 cm³/mol. The third kappa shape index (κ3) is 3.48. The highest BCUT2D eigenvalue weighted by molar-refractivity contribution is 7.99. The van der Waals surface area contributed by atoms with E-state index in [9.17, 15) is 18.0 Å². The zero-order valence-electron chi connectivity index (χ0n) is 13.5. The molecule has 1 atom stereocenters. The molecule has 4 nitrogen and oxygen atoms in total. The molecule has 24 heavy (non-hydrogen) atoms. The first-order valence-corrected chi connectivity index (χ1v) is 9.13. The number of halogens is 3. The molecule has 132 valence electrons. The molecule has 0 aromatic carbocycles. The van der Waals surface area contributed by atoms with Crippen LogP contribution in [0.15, 0.2) is 17.2 Å². The van der Waals surface area contributed by atoms with Crippen LogP contribution < -0.4 is 4.90 Å². The third-order valence-corrected chi connectivity index (χ3v) is 5.49. The van der Waals surface area contributed by atoms with E-state index >= 15 is 0 Å². The summed E-state index contributed by atoms with van der Waals surface area (Å²) in [5.74, 6) is 1.51. The van der Waals surface area contributed by atoms with Gasteiger partial charge in [-0.1, -0.05) is 6.92 Å². The summed E-state index contributed by atoms with van der Waals surface area (Å²) < 4.78 is 38.7. The Morgan fingerprint density at radius 3 is 2.92 bits per heavy atom. The van der Waals surface area contributed by atoms with Crippen molar-refractivity contribution in [2.45, 2.75) is 43.3 Å². The highest BCUT2D eigenvalue weighted by Gasteiger charge is 2.36. The van der Waals surface area contributed by atoms with Crippen LogP contribution in [0.4, 0.5) is 19.0 Å². The molecule has 0 spiro atoms. The van der Waals surface area contributed by atoms with Gasteiger partial charge in [0, 0.05) is 44.0 Å². The van der Waals surface area contributed by atoms with E-state index in [1.54, 1.807) is 0 Å². The molecule has 0 N–H and O–H groups in total. The molecule has 3 heterocycles. The molecule has 1 fully saturated rings. The Bertz CT molecular complexity index is 623. The number of aromatic nitrogens is 1. The smallest absolute Gasteiger partial charge is 0.349 e. The van der Waals surface area contributed by atoms with Crippen molar-refractivity contribution in [1.29, 1.82) is 0 Å². The molecule has 1 amide bonds. The van der Waals surface area contributed by atoms with Crippen molar-refractivity contribution in [3.63, 3.8) is 0 Å². The fourth-order valence-corrected chi connectivity index (χ4v) is 4.32. The molecule has 0 aliphatic carbocycles. The number of nitrogens with zero attached hydrogens (tertiary/aromatic N) is 3. The second kappa shape index (κ2) is 6.82. The van der Waals surface area contributed by atoms with Crippen molar-refractivity contribution in [3.8, 4) is 0 Å². The number of carbonyl (C=O) groups excluding carboxylic acids is 1. The summed E-state index contributed by atoms with van der Waals surface area (Å²) in [7, 11) is 0. The van der Waals surface area contributed by atoms with Crippen LogP contribution in [0.1, 0.15) is 31.7 Å². The first-order chi connectivity index (χ1) is 11.4. The number of anilines is 1. The molecular formula is C16H20F3N3OS. The fraction of sp³-hybridized carbons (Fsp3) is 0.625. The van der Waals surface area contributed by atoms with Gasteiger partial charge in [-0.15, -0.1) is 11.8 Å². The summed E-state index contributed by atoms with van der Waals surface area (Å²) in [6, 6.07) is 1.32. The van der Waals surface area contributed by atoms with E-state index in [0.717, 1.165) is 24.8 Å². The van der Waals surface area contributed by atoms with Gasteiger partial charge in [0.1, 0.15) is 5.82 Å². The summed E-state index contributed by atoms with van der Waals surface area (Å²) in [5.41, 5.74) is -0.705. The number of hydrogen-bond acceptors (Lipinski definition) is 4. The SMILES string of the molecule is CCCC(=O)N1CCN2c3ncc(C(F)(F)F)cc3SCCC2C1. The molecule has 3 rings (SSSR count). The lowest BCUT2D eigenvalue weighted by molar-refractivity contribution is -0.138. The molecule has 1 saturated heterocycles. The molecule has 1 aromatic rings. The van der Waals surface area contributed by atoms with Crippen molar-refractivity contribution >= 4 is 23.5 Å². The minimum absolute atomic E-state index is 0.123. The van der Waals surface area contributed by atoms with Gasteiger partial charge in [-0.3, -0.25) is 4.79 Å². The monoisotopic (exact) mass is 359 g/mol. The minimum Gasteiger partial charge on any atom is -0.349 e. The van der Waals surface area contributed by atoms with Gasteiger partial charge in [0.15, 0.2) is 0 Å². The number of thioether (sulfide) groups is 1. The first-order valence-electron chi connectivity index (χ1n) is 8.14. The summed E-state index contributed by atoms with van der Waals surface area (Å²) in [6.07, 6.45) is -1.26. The Kier molecular flexibility index (Phi) is 4.94. The number of piperazine rings is 1. The van der Waals surface area contributed by atoms with Crippen molar-refractivity contribution in [2.75, 3.05) is 30.3 Å². The number of fused-ring (bicyclic) bond motifs is 3. The van der Waals surface area contributed by atoms with Crippen LogP contribution in [-0.4, -0.2) is 47.2 Å². The Morgan fingerprint density at radius 2 is 2.21 bits per heavy atom. The van der Waals surface area contributed by atoms with Crippen LogP contribution in [0.3, 0.4) is 0 Å². The van der Waals surface area contributed by atoms with Crippen LogP contribution in [0.25, 0.3) is 0 Å². The van der Waals surface area contributed by atoms with Gasteiger partial charge in [-0.25, -0.2) is 4.98 Å². The predicted octanol–water partition coefficient (Wildman–Crippen LogP) is 3.41. The lowest BCUT2D eigenvalue weighted by atomic mass is 10.1. The summed E-state index contributed by atoms with van der Waals surface area (Å²) in [4.78, 5) is 20.8. The van der Waals surface area contributed by atoms with E-state index in [2.05, 4.69) is 9.88 Å². The normalized spacial score (nSPS) is 21.1. The number of amides is 1. The van der Waals surface area contributed by atoms with E-state index in [0.29, 0.717) is 36.8 Å². The molecular weight excluding hydrogens is 339 g/mol. The molecule has 0 saturated carbocycles. The quantitative estimate of drug-likeness (QED) is 0.811. The first kappa shape index (κ1) is 17.4. The second-order valence-electron chi connectivity index (χ2n) is 6.12. The maximum atomic E-state index is 12.9. The average molecular weight is 359 g/mol. The number of hydrogen-bond donors (Lipinski definition) is 0. The van der Waals surface area contributed by atoms with Crippen LogP contribution in [0, 0.1) is 0 Å². The van der Waals surface area contributed by atoms with E-state index in [1.165, 1.54) is 17.8 Å². The van der Waals surface area contributed by atoms with Crippen molar-refractivity contribution in [2.24, 2.45) is 0 Å². The van der Waals surface area contributed by atoms with Gasteiger partial charge < -0.3 is 9.80 Å². The van der Waals surface area contributed by atoms with Crippen molar-refractivity contribution in [1.82, 2.24) is 9.88 Å². The van der Waals surface area contributed by atoms with Crippen LogP contribution >= 0.6 is 11.8 Å². The topological polar surface area (TPSA) is 36.4 Å². The molecule has 1 unspecified atom stereocenters. The van der Waals surface area contributed by atoms with E-state index < -0.39 is 11.7 Å². The highest BCUT2D eigenvalue weighted by Crippen LogP contribution is 2.39. The van der Waals surface area contributed by atoms with Crippen LogP contribution in [-0.2, 0) is 11.0 Å². The van der Waals surface area contributed by atoms with Gasteiger partial charge in [0.05, 0.1) is 10.5 Å². The zero-order valence-corrected chi connectivity index (χ0v) is 14.3. The van der Waals surface area contributed by atoms with E-state index in [-0.39, 0.29) is 11.9 Å². The molecule has 0 radical (unpaired) electrons. The van der Waals surface area contributed by atoms with Gasteiger partial charge >= 0.3 is 6.18 Å². The standard InChI is InChI=1S/C16H20F3N3OS/c1-2-3-14(23)21-5-6-22-12(10-21)4-7-24-13-8-11(16(17,18)19)9-20-15(13)22/h8-9,12H,2-7,10H2,1H3. The van der Waals surface area contributed by atoms with Gasteiger partial charge in [-0.2, -0.15) is 13.2 Å². The summed E-state index contributed by atoms with van der Waals surface area (Å²) in [6.45, 7) is 3.82. The Balaban J connectivity index is 1.82. The average Bonchev–Trinajstić information content (AvgIpc) is 2.72. The molecule has 2 aliphatic heterocycles. The lowest BCUT2D eigenvalue weighted by Gasteiger charge is -2.41. The lowest BCUT2D eigenvalue weighted by Crippen LogP contribution is -2.55. The number of alkyl halides is 3. The molecule has 8 heteroatoms. The van der Waals surface area contributed by atoms with Crippen LogP contribution in [0.2, 0.25) is 0 Å². The Labute approximate surface area is 143 Å². The second-order valence-corrected chi connectivity index (χ2v) is 7.25. The van der Waals surface area contributed by atoms with Gasteiger partial charge in [0.2, 0.25) is 5.91 Å². The maximum Gasteiger partial charge on any atom is 0.417 e. The van der Waals surface area contributed by atoms with Crippen molar-refractivity contribution < 1.29 is 18.0 Å². The fourth-order valence-electron chi connectivity index (χ4n) is 3.20. The molecule has 1 aromatic heterocycles. The van der Waals surface area contributed by atoms with Gasteiger partial charge in [0.25, 0.3) is 0 Å².